The maximum Gasteiger partial charge on any atom is 0.417 e. The number of hydrogen-bond acceptors (Lipinski definition) is 4. The van der Waals surface area contributed by atoms with Crippen LogP contribution in [-0.4, -0.2) is 21.5 Å². The third-order valence-electron chi connectivity index (χ3n) is 2.98. The molecule has 0 aliphatic carbocycles. The minimum atomic E-state index is -4.46. The predicted molar refractivity (Wildman–Crippen MR) is 73.9 cm³/mol. The Hall–Kier alpha value is -2.18. The molecule has 21 heavy (non-hydrogen) atoms. The van der Waals surface area contributed by atoms with Crippen LogP contribution in [0.4, 0.5) is 19.0 Å². The van der Waals surface area contributed by atoms with Gasteiger partial charge in [-0.25, -0.2) is 9.97 Å². The second-order valence-corrected chi connectivity index (χ2v) is 4.54. The standard InChI is InChI=1S/C14H15F3N4/c1-4-19-13-8(2)12(20-9(3)21-13)10-7-18-6-5-11(10)14(15,16)17/h5-7H,4H2,1-3H3,(H,19,20,21). The molecule has 0 amide bonds. The zero-order valence-electron chi connectivity index (χ0n) is 11.9. The molecule has 0 saturated carbocycles. The Bertz CT molecular complexity index is 653. The summed E-state index contributed by atoms with van der Waals surface area (Å²) in [6.45, 7) is 5.85. The second-order valence-electron chi connectivity index (χ2n) is 4.54. The summed E-state index contributed by atoms with van der Waals surface area (Å²) in [6.07, 6.45) is -2.14. The smallest absolute Gasteiger partial charge is 0.370 e. The minimum absolute atomic E-state index is 0.0350. The maximum atomic E-state index is 13.1. The quantitative estimate of drug-likeness (QED) is 0.940. The molecule has 1 N–H and O–H groups in total. The van der Waals surface area contributed by atoms with Crippen LogP contribution in [0, 0.1) is 13.8 Å². The first-order valence-corrected chi connectivity index (χ1v) is 6.45. The number of rotatable bonds is 3. The highest BCUT2D eigenvalue weighted by atomic mass is 19.4. The third kappa shape index (κ3) is 3.12. The molecule has 0 aliphatic rings. The molecule has 2 aromatic heterocycles. The third-order valence-corrected chi connectivity index (χ3v) is 2.98. The van der Waals surface area contributed by atoms with Gasteiger partial charge in [0.1, 0.15) is 11.6 Å². The van der Waals surface area contributed by atoms with Crippen molar-refractivity contribution in [3.05, 3.63) is 35.4 Å². The van der Waals surface area contributed by atoms with Crippen molar-refractivity contribution in [2.45, 2.75) is 26.9 Å². The second kappa shape index (κ2) is 5.67. The molecular formula is C14H15F3N4. The number of halogens is 3. The number of alkyl halides is 3. The van der Waals surface area contributed by atoms with E-state index in [1.807, 2.05) is 6.92 Å². The van der Waals surface area contributed by atoms with Crippen LogP contribution in [0.1, 0.15) is 23.9 Å². The number of nitrogens with one attached hydrogen (secondary N) is 1. The first kappa shape index (κ1) is 15.2. The molecule has 7 heteroatoms. The molecule has 0 unspecified atom stereocenters. The Labute approximate surface area is 120 Å². The Kier molecular flexibility index (Phi) is 4.11. The molecule has 0 aromatic carbocycles. The zero-order valence-corrected chi connectivity index (χ0v) is 11.9. The minimum Gasteiger partial charge on any atom is -0.370 e. The monoisotopic (exact) mass is 296 g/mol. The van der Waals surface area contributed by atoms with Gasteiger partial charge in [-0.3, -0.25) is 4.98 Å². The summed E-state index contributed by atoms with van der Waals surface area (Å²) in [5.41, 5.74) is 0.0353. The van der Waals surface area contributed by atoms with Crippen molar-refractivity contribution in [3.63, 3.8) is 0 Å². The van der Waals surface area contributed by atoms with Crippen molar-refractivity contribution >= 4 is 5.82 Å². The van der Waals surface area contributed by atoms with Crippen LogP contribution in [0.2, 0.25) is 0 Å². The lowest BCUT2D eigenvalue weighted by Gasteiger charge is -2.15. The largest absolute Gasteiger partial charge is 0.417 e. The van der Waals surface area contributed by atoms with E-state index in [4.69, 9.17) is 0 Å². The van der Waals surface area contributed by atoms with Gasteiger partial charge in [-0.2, -0.15) is 13.2 Å². The number of nitrogens with zero attached hydrogens (tertiary/aromatic N) is 3. The molecule has 2 aromatic rings. The Morgan fingerprint density at radius 3 is 2.52 bits per heavy atom. The first-order valence-electron chi connectivity index (χ1n) is 6.45. The van der Waals surface area contributed by atoms with Gasteiger partial charge in [0.05, 0.1) is 11.3 Å². The lowest BCUT2D eigenvalue weighted by atomic mass is 10.0. The summed E-state index contributed by atoms with van der Waals surface area (Å²) in [6, 6.07) is 0.957. The Morgan fingerprint density at radius 2 is 1.90 bits per heavy atom. The molecular weight excluding hydrogens is 281 g/mol. The average molecular weight is 296 g/mol. The predicted octanol–water partition coefficient (Wildman–Crippen LogP) is 3.61. The van der Waals surface area contributed by atoms with Crippen LogP contribution in [0.5, 0.6) is 0 Å². The number of pyridine rings is 1. The van der Waals surface area contributed by atoms with Crippen LogP contribution < -0.4 is 5.32 Å². The summed E-state index contributed by atoms with van der Waals surface area (Å²) >= 11 is 0. The van der Waals surface area contributed by atoms with Gasteiger partial charge in [-0.05, 0) is 26.8 Å². The molecule has 0 fully saturated rings. The summed E-state index contributed by atoms with van der Waals surface area (Å²) in [5.74, 6) is 0.945. The van der Waals surface area contributed by atoms with E-state index in [0.29, 0.717) is 23.8 Å². The normalized spacial score (nSPS) is 11.5. The molecule has 0 atom stereocenters. The first-order chi connectivity index (χ1) is 9.84. The van der Waals surface area contributed by atoms with Gasteiger partial charge in [0.2, 0.25) is 0 Å². The number of anilines is 1. The maximum absolute atomic E-state index is 13.1. The van der Waals surface area contributed by atoms with E-state index >= 15 is 0 Å². The van der Waals surface area contributed by atoms with Crippen LogP contribution >= 0.6 is 0 Å². The van der Waals surface area contributed by atoms with Crippen molar-refractivity contribution in [3.8, 4) is 11.3 Å². The molecule has 2 heterocycles. The molecule has 2 rings (SSSR count). The highest BCUT2D eigenvalue weighted by Gasteiger charge is 2.34. The van der Waals surface area contributed by atoms with Crippen molar-refractivity contribution in [1.82, 2.24) is 15.0 Å². The highest BCUT2D eigenvalue weighted by molar-refractivity contribution is 5.70. The van der Waals surface area contributed by atoms with Gasteiger partial charge in [-0.15, -0.1) is 0 Å². The highest BCUT2D eigenvalue weighted by Crippen LogP contribution is 2.37. The lowest BCUT2D eigenvalue weighted by Crippen LogP contribution is -2.11. The van der Waals surface area contributed by atoms with Gasteiger partial charge in [0.25, 0.3) is 0 Å². The number of aryl methyl sites for hydroxylation is 1. The molecule has 0 saturated heterocycles. The van der Waals surface area contributed by atoms with Crippen molar-refractivity contribution in [2.75, 3.05) is 11.9 Å². The van der Waals surface area contributed by atoms with E-state index < -0.39 is 11.7 Å². The summed E-state index contributed by atoms with van der Waals surface area (Å²) in [7, 11) is 0. The van der Waals surface area contributed by atoms with E-state index in [9.17, 15) is 13.2 Å². The average Bonchev–Trinajstić information content (AvgIpc) is 2.42. The number of aromatic nitrogens is 3. The van der Waals surface area contributed by atoms with E-state index in [2.05, 4.69) is 20.3 Å². The van der Waals surface area contributed by atoms with Crippen molar-refractivity contribution in [1.29, 1.82) is 0 Å². The van der Waals surface area contributed by atoms with Crippen LogP contribution in [0.3, 0.4) is 0 Å². The van der Waals surface area contributed by atoms with Crippen molar-refractivity contribution in [2.24, 2.45) is 0 Å². The molecule has 0 radical (unpaired) electrons. The van der Waals surface area contributed by atoms with Gasteiger partial charge in [-0.1, -0.05) is 0 Å². The van der Waals surface area contributed by atoms with Gasteiger partial charge in [0, 0.05) is 30.1 Å². The number of hydrogen-bond donors (Lipinski definition) is 1. The Morgan fingerprint density at radius 1 is 1.19 bits per heavy atom. The van der Waals surface area contributed by atoms with Crippen LogP contribution in [0.15, 0.2) is 18.5 Å². The molecule has 0 bridgehead atoms. The van der Waals surface area contributed by atoms with Crippen LogP contribution in [-0.2, 0) is 6.18 Å². The lowest BCUT2D eigenvalue weighted by molar-refractivity contribution is -0.137. The fraction of sp³-hybridized carbons (Fsp3) is 0.357. The van der Waals surface area contributed by atoms with E-state index in [0.717, 1.165) is 12.3 Å². The van der Waals surface area contributed by atoms with E-state index in [-0.39, 0.29) is 11.3 Å². The molecule has 0 spiro atoms. The van der Waals surface area contributed by atoms with Gasteiger partial charge in [0.15, 0.2) is 0 Å². The summed E-state index contributed by atoms with van der Waals surface area (Å²) in [5, 5.41) is 3.03. The molecule has 0 aliphatic heterocycles. The zero-order chi connectivity index (χ0) is 15.6. The molecule has 4 nitrogen and oxygen atoms in total. The van der Waals surface area contributed by atoms with E-state index in [1.54, 1.807) is 13.8 Å². The fourth-order valence-corrected chi connectivity index (χ4v) is 2.06. The fourth-order valence-electron chi connectivity index (χ4n) is 2.06. The Balaban J connectivity index is 2.68. The summed E-state index contributed by atoms with van der Waals surface area (Å²) in [4.78, 5) is 12.2. The topological polar surface area (TPSA) is 50.7 Å². The van der Waals surface area contributed by atoms with Crippen LogP contribution in [0.25, 0.3) is 11.3 Å². The molecule has 112 valence electrons. The van der Waals surface area contributed by atoms with E-state index in [1.165, 1.54) is 6.20 Å². The van der Waals surface area contributed by atoms with Gasteiger partial charge < -0.3 is 5.32 Å². The van der Waals surface area contributed by atoms with Gasteiger partial charge >= 0.3 is 6.18 Å². The SMILES string of the molecule is CCNc1nc(C)nc(-c2cnccc2C(F)(F)F)c1C. The van der Waals surface area contributed by atoms with Crippen molar-refractivity contribution < 1.29 is 13.2 Å². The summed E-state index contributed by atoms with van der Waals surface area (Å²) < 4.78 is 39.4.